The first-order valence-electron chi connectivity index (χ1n) is 9.45. The van der Waals surface area contributed by atoms with Gasteiger partial charge in [-0.1, -0.05) is 19.8 Å². The summed E-state index contributed by atoms with van der Waals surface area (Å²) in [6.45, 7) is 6.91. The molecule has 0 radical (unpaired) electrons. The SMILES string of the molecule is CCNC(=NCC1(CC)CCCC1)NCCN1C(=O)CCCC1=O. The monoisotopic (exact) mass is 336 g/mol. The number of aliphatic imine (C=N–C) groups is 1. The number of carbonyl (C=O) groups excluding carboxylic acids is 2. The van der Waals surface area contributed by atoms with Crippen molar-refractivity contribution in [1.82, 2.24) is 15.5 Å². The quantitative estimate of drug-likeness (QED) is 0.424. The van der Waals surface area contributed by atoms with E-state index in [9.17, 15) is 9.59 Å². The highest BCUT2D eigenvalue weighted by atomic mass is 16.2. The van der Waals surface area contributed by atoms with Gasteiger partial charge in [-0.25, -0.2) is 0 Å². The molecular formula is C18H32N4O2. The van der Waals surface area contributed by atoms with Gasteiger partial charge >= 0.3 is 0 Å². The molecule has 0 bridgehead atoms. The van der Waals surface area contributed by atoms with Crippen LogP contribution in [-0.4, -0.2) is 48.9 Å². The predicted octanol–water partition coefficient (Wildman–Crippen LogP) is 2.05. The Labute approximate surface area is 145 Å². The lowest BCUT2D eigenvalue weighted by Gasteiger charge is -2.26. The number of carbonyl (C=O) groups is 2. The Balaban J connectivity index is 1.85. The van der Waals surface area contributed by atoms with E-state index < -0.39 is 0 Å². The molecule has 24 heavy (non-hydrogen) atoms. The molecule has 2 amide bonds. The van der Waals surface area contributed by atoms with Crippen molar-refractivity contribution in [2.24, 2.45) is 10.4 Å². The Kier molecular flexibility index (Phi) is 7.06. The first-order valence-corrected chi connectivity index (χ1v) is 9.45. The van der Waals surface area contributed by atoms with Gasteiger partial charge in [0, 0.05) is 39.0 Å². The van der Waals surface area contributed by atoms with Crippen molar-refractivity contribution in [3.8, 4) is 0 Å². The van der Waals surface area contributed by atoms with Gasteiger partial charge in [-0.05, 0) is 38.0 Å². The van der Waals surface area contributed by atoms with Crippen molar-refractivity contribution in [3.63, 3.8) is 0 Å². The van der Waals surface area contributed by atoms with Gasteiger partial charge in [-0.15, -0.1) is 0 Å². The summed E-state index contributed by atoms with van der Waals surface area (Å²) in [7, 11) is 0. The minimum Gasteiger partial charge on any atom is -0.357 e. The van der Waals surface area contributed by atoms with Crippen LogP contribution in [0.3, 0.4) is 0 Å². The van der Waals surface area contributed by atoms with Crippen molar-refractivity contribution in [3.05, 3.63) is 0 Å². The fourth-order valence-corrected chi connectivity index (χ4v) is 3.67. The third kappa shape index (κ3) is 4.95. The standard InChI is InChI=1S/C18H32N4O2/c1-3-18(10-5-6-11-18)14-21-17(19-4-2)20-12-13-22-15(23)8-7-9-16(22)24/h3-14H2,1-2H3,(H2,19,20,21). The maximum Gasteiger partial charge on any atom is 0.229 e. The minimum atomic E-state index is -0.0501. The molecule has 1 saturated carbocycles. The van der Waals surface area contributed by atoms with Crippen molar-refractivity contribution >= 4 is 17.8 Å². The second kappa shape index (κ2) is 9.04. The van der Waals surface area contributed by atoms with E-state index in [-0.39, 0.29) is 11.8 Å². The van der Waals surface area contributed by atoms with Crippen LogP contribution < -0.4 is 10.6 Å². The zero-order valence-electron chi connectivity index (χ0n) is 15.2. The largest absolute Gasteiger partial charge is 0.357 e. The summed E-state index contributed by atoms with van der Waals surface area (Å²) in [5.41, 5.74) is 0.362. The molecule has 1 heterocycles. The van der Waals surface area contributed by atoms with Crippen molar-refractivity contribution in [1.29, 1.82) is 0 Å². The van der Waals surface area contributed by atoms with Crippen molar-refractivity contribution in [2.45, 2.75) is 65.2 Å². The van der Waals surface area contributed by atoms with Crippen LogP contribution >= 0.6 is 0 Å². The molecule has 1 aliphatic heterocycles. The van der Waals surface area contributed by atoms with Crippen LogP contribution in [0.5, 0.6) is 0 Å². The van der Waals surface area contributed by atoms with Gasteiger partial charge in [0.1, 0.15) is 0 Å². The Morgan fingerprint density at radius 1 is 1.08 bits per heavy atom. The van der Waals surface area contributed by atoms with Crippen LogP contribution in [0, 0.1) is 5.41 Å². The first kappa shape index (κ1) is 18.7. The van der Waals surface area contributed by atoms with Crippen LogP contribution in [-0.2, 0) is 9.59 Å². The fourth-order valence-electron chi connectivity index (χ4n) is 3.67. The van der Waals surface area contributed by atoms with Crippen LogP contribution in [0.4, 0.5) is 0 Å². The molecule has 0 aromatic rings. The van der Waals surface area contributed by atoms with Gasteiger partial charge in [0.2, 0.25) is 11.8 Å². The Bertz CT molecular complexity index is 454. The number of amides is 2. The lowest BCUT2D eigenvalue weighted by Crippen LogP contribution is -2.46. The Morgan fingerprint density at radius 2 is 1.75 bits per heavy atom. The highest BCUT2D eigenvalue weighted by Gasteiger charge is 2.31. The third-order valence-corrected chi connectivity index (χ3v) is 5.34. The van der Waals surface area contributed by atoms with Crippen LogP contribution in [0.25, 0.3) is 0 Å². The summed E-state index contributed by atoms with van der Waals surface area (Å²) in [4.78, 5) is 29.8. The summed E-state index contributed by atoms with van der Waals surface area (Å²) >= 11 is 0. The molecule has 0 unspecified atom stereocenters. The van der Waals surface area contributed by atoms with Crippen molar-refractivity contribution in [2.75, 3.05) is 26.2 Å². The third-order valence-electron chi connectivity index (χ3n) is 5.34. The number of rotatable bonds is 7. The van der Waals surface area contributed by atoms with E-state index in [4.69, 9.17) is 4.99 Å². The molecule has 2 rings (SSSR count). The molecule has 1 aliphatic carbocycles. The molecule has 0 atom stereocenters. The van der Waals surface area contributed by atoms with Crippen molar-refractivity contribution < 1.29 is 9.59 Å². The van der Waals surface area contributed by atoms with E-state index in [1.807, 2.05) is 6.92 Å². The van der Waals surface area contributed by atoms with Crippen LogP contribution in [0.2, 0.25) is 0 Å². The van der Waals surface area contributed by atoms with Gasteiger partial charge in [-0.3, -0.25) is 19.5 Å². The number of guanidine groups is 1. The maximum atomic E-state index is 11.8. The topological polar surface area (TPSA) is 73.8 Å². The number of piperidine rings is 1. The number of imide groups is 1. The highest BCUT2D eigenvalue weighted by Crippen LogP contribution is 2.41. The lowest BCUT2D eigenvalue weighted by atomic mass is 9.84. The van der Waals surface area contributed by atoms with Gasteiger partial charge in [-0.2, -0.15) is 0 Å². The molecule has 6 nitrogen and oxygen atoms in total. The second-order valence-corrected chi connectivity index (χ2v) is 6.98. The molecule has 2 N–H and O–H groups in total. The van der Waals surface area contributed by atoms with E-state index in [1.165, 1.54) is 37.0 Å². The second-order valence-electron chi connectivity index (χ2n) is 6.98. The number of nitrogens with one attached hydrogen (secondary N) is 2. The molecule has 6 heteroatoms. The number of likely N-dealkylation sites (tertiary alicyclic amines) is 1. The van der Waals surface area contributed by atoms with Gasteiger partial charge < -0.3 is 10.6 Å². The van der Waals surface area contributed by atoms with Gasteiger partial charge in [0.05, 0.1) is 0 Å². The normalized spacial score (nSPS) is 21.2. The zero-order chi connectivity index (χ0) is 17.4. The molecule has 136 valence electrons. The van der Waals surface area contributed by atoms with Crippen LogP contribution in [0.15, 0.2) is 4.99 Å². The summed E-state index contributed by atoms with van der Waals surface area (Å²) < 4.78 is 0. The predicted molar refractivity (Wildman–Crippen MR) is 95.7 cm³/mol. The number of hydrogen-bond acceptors (Lipinski definition) is 3. The Morgan fingerprint density at radius 3 is 2.33 bits per heavy atom. The molecular weight excluding hydrogens is 304 g/mol. The zero-order valence-corrected chi connectivity index (χ0v) is 15.2. The maximum absolute atomic E-state index is 11.8. The van der Waals surface area contributed by atoms with E-state index in [2.05, 4.69) is 17.6 Å². The minimum absolute atomic E-state index is 0.0501. The first-order chi connectivity index (χ1) is 11.6. The van der Waals surface area contributed by atoms with Crippen LogP contribution in [0.1, 0.15) is 65.2 Å². The number of nitrogens with zero attached hydrogens (tertiary/aromatic N) is 2. The van der Waals surface area contributed by atoms with E-state index >= 15 is 0 Å². The van der Waals surface area contributed by atoms with E-state index in [1.54, 1.807) is 0 Å². The molecule has 2 aliphatic rings. The molecule has 1 saturated heterocycles. The van der Waals surface area contributed by atoms with E-state index in [0.29, 0.717) is 37.8 Å². The van der Waals surface area contributed by atoms with E-state index in [0.717, 1.165) is 19.0 Å². The lowest BCUT2D eigenvalue weighted by molar-refractivity contribution is -0.147. The molecule has 0 spiro atoms. The molecule has 0 aromatic carbocycles. The summed E-state index contributed by atoms with van der Waals surface area (Å²) in [5, 5.41) is 6.53. The summed E-state index contributed by atoms with van der Waals surface area (Å²) in [6.07, 6.45) is 7.99. The van der Waals surface area contributed by atoms with Gasteiger partial charge in [0.15, 0.2) is 5.96 Å². The number of hydrogen-bond donors (Lipinski definition) is 2. The fraction of sp³-hybridized carbons (Fsp3) is 0.833. The smallest absolute Gasteiger partial charge is 0.229 e. The Hall–Kier alpha value is -1.59. The average molecular weight is 336 g/mol. The van der Waals surface area contributed by atoms with Gasteiger partial charge in [0.25, 0.3) is 0 Å². The molecule has 0 aromatic heterocycles. The highest BCUT2D eigenvalue weighted by molar-refractivity contribution is 5.97. The summed E-state index contributed by atoms with van der Waals surface area (Å²) in [6, 6.07) is 0. The summed E-state index contributed by atoms with van der Waals surface area (Å²) in [5.74, 6) is 0.686. The molecule has 2 fully saturated rings. The average Bonchev–Trinajstić information content (AvgIpc) is 3.05.